The summed E-state index contributed by atoms with van der Waals surface area (Å²) in [5, 5.41) is 3.65. The van der Waals surface area contributed by atoms with E-state index in [-0.39, 0.29) is 26.2 Å². The molecule has 0 atom stereocenters. The van der Waals surface area contributed by atoms with Gasteiger partial charge in [-0.2, -0.15) is 0 Å². The molecule has 1 amide bonds. The molecule has 3 aromatic rings. The molecular weight excluding hydrogens is 331 g/mol. The molecule has 1 N–H and O–H groups in total. The van der Waals surface area contributed by atoms with Crippen molar-refractivity contribution in [1.82, 2.24) is 8.88 Å². The number of benzene rings is 2. The Hall–Kier alpha value is -2.10. The summed E-state index contributed by atoms with van der Waals surface area (Å²) in [4.78, 5) is 24.1. The van der Waals surface area contributed by atoms with Crippen molar-refractivity contribution in [2.75, 3.05) is 6.54 Å². The maximum absolute atomic E-state index is 12.2. The molecule has 1 heterocycles. The van der Waals surface area contributed by atoms with E-state index in [2.05, 4.69) is 5.32 Å². The predicted octanol–water partition coefficient (Wildman–Crippen LogP) is 1.49. The number of hydrogen-bond donors (Lipinski definition) is 1. The number of fused-ring (bicyclic) bond motifs is 1. The van der Waals surface area contributed by atoms with Crippen molar-refractivity contribution in [3.8, 4) is 0 Å². The fraction of sp³-hybridized carbons (Fsp3) is 0.125. The molecule has 0 spiro atoms. The summed E-state index contributed by atoms with van der Waals surface area (Å²) in [6.45, 7) is 1.02. The van der Waals surface area contributed by atoms with Gasteiger partial charge >= 0.3 is 128 Å². The molecule has 1 aromatic heterocycles. The number of carbonyl (C=O) groups excluding carboxylic acids is 1. The van der Waals surface area contributed by atoms with Crippen molar-refractivity contribution in [2.45, 2.75) is 6.54 Å². The quantitative estimate of drug-likeness (QED) is 0.729. The number of amides is 1. The van der Waals surface area contributed by atoms with Gasteiger partial charge in [0.15, 0.2) is 0 Å². The Morgan fingerprint density at radius 1 is 1.05 bits per heavy atom. The first-order valence-corrected chi connectivity index (χ1v) is 8.30. The van der Waals surface area contributed by atoms with Crippen molar-refractivity contribution in [2.24, 2.45) is 0 Å². The van der Waals surface area contributed by atoms with Gasteiger partial charge in [-0.25, -0.2) is 0 Å². The second kappa shape index (κ2) is 6.12. The summed E-state index contributed by atoms with van der Waals surface area (Å²) in [7, 11) is 0. The first-order chi connectivity index (χ1) is 10.3. The van der Waals surface area contributed by atoms with E-state index in [0.717, 1.165) is 9.65 Å². The Labute approximate surface area is 128 Å². The minimum atomic E-state index is -0.104. The topological polar surface area (TPSA) is 51.1 Å². The summed E-state index contributed by atoms with van der Waals surface area (Å²) < 4.78 is 2.94. The zero-order valence-corrected chi connectivity index (χ0v) is 13.0. The third kappa shape index (κ3) is 2.99. The fourth-order valence-corrected chi connectivity index (χ4v) is 4.21. The van der Waals surface area contributed by atoms with Crippen molar-refractivity contribution < 1.29 is 4.79 Å². The summed E-state index contributed by atoms with van der Waals surface area (Å²) in [5.74, 6) is -0.104. The van der Waals surface area contributed by atoms with Crippen molar-refractivity contribution in [3.05, 3.63) is 70.5 Å². The van der Waals surface area contributed by atoms with Crippen LogP contribution in [0, 0.1) is 0 Å². The van der Waals surface area contributed by atoms with E-state index in [1.807, 2.05) is 46.0 Å². The molecular formula is C16H14N2O2Se. The Kier molecular flexibility index (Phi) is 4.04. The number of aromatic nitrogens is 1. The molecule has 0 bridgehead atoms. The average molecular weight is 345 g/mol. The standard InChI is InChI=1S/C16H14N2O2Se/c19-15(12-6-2-1-3-7-12)17-10-11-18-16(20)13-8-4-5-9-14(13)21-18/h1-9H,10-11H2,(H,17,19). The first-order valence-electron chi connectivity index (χ1n) is 6.68. The van der Waals surface area contributed by atoms with Crippen molar-refractivity contribution in [1.29, 1.82) is 0 Å². The first kappa shape index (κ1) is 13.9. The van der Waals surface area contributed by atoms with E-state index in [4.69, 9.17) is 0 Å². The summed E-state index contributed by atoms with van der Waals surface area (Å²) in [6.07, 6.45) is 0. The van der Waals surface area contributed by atoms with Gasteiger partial charge in [0.25, 0.3) is 0 Å². The van der Waals surface area contributed by atoms with Crippen LogP contribution in [0.3, 0.4) is 0 Å². The van der Waals surface area contributed by atoms with Crippen LogP contribution in [-0.2, 0) is 6.54 Å². The minimum absolute atomic E-state index is 0.0190. The summed E-state index contributed by atoms with van der Waals surface area (Å²) in [6, 6.07) is 16.8. The van der Waals surface area contributed by atoms with Gasteiger partial charge in [-0.1, -0.05) is 0 Å². The molecule has 0 aliphatic carbocycles. The van der Waals surface area contributed by atoms with Gasteiger partial charge in [-0.15, -0.1) is 0 Å². The molecule has 5 heteroatoms. The number of rotatable bonds is 4. The van der Waals surface area contributed by atoms with E-state index in [9.17, 15) is 9.59 Å². The number of nitrogens with one attached hydrogen (secondary N) is 1. The molecule has 3 rings (SSSR count). The van der Waals surface area contributed by atoms with Crippen LogP contribution < -0.4 is 10.9 Å². The van der Waals surface area contributed by atoms with Gasteiger partial charge in [-0.05, 0) is 0 Å². The number of hydrogen-bond acceptors (Lipinski definition) is 2. The molecule has 0 saturated carbocycles. The Morgan fingerprint density at radius 3 is 2.52 bits per heavy atom. The fourth-order valence-electron chi connectivity index (χ4n) is 2.13. The van der Waals surface area contributed by atoms with Crippen LogP contribution in [0.5, 0.6) is 0 Å². The van der Waals surface area contributed by atoms with E-state index < -0.39 is 0 Å². The third-order valence-corrected chi connectivity index (χ3v) is 5.54. The average Bonchev–Trinajstić information content (AvgIpc) is 2.85. The molecule has 4 nitrogen and oxygen atoms in total. The van der Waals surface area contributed by atoms with Crippen molar-refractivity contribution >= 4 is 30.3 Å². The van der Waals surface area contributed by atoms with E-state index in [1.54, 1.807) is 12.1 Å². The maximum atomic E-state index is 12.2. The van der Waals surface area contributed by atoms with Crippen LogP contribution in [0.4, 0.5) is 0 Å². The van der Waals surface area contributed by atoms with Gasteiger partial charge in [-0.3, -0.25) is 0 Å². The molecule has 0 unspecified atom stereocenters. The van der Waals surface area contributed by atoms with Crippen LogP contribution in [-0.4, -0.2) is 30.7 Å². The van der Waals surface area contributed by atoms with Gasteiger partial charge in [0.05, 0.1) is 0 Å². The second-order valence-corrected chi connectivity index (χ2v) is 6.85. The van der Waals surface area contributed by atoms with Crippen LogP contribution in [0.1, 0.15) is 10.4 Å². The van der Waals surface area contributed by atoms with Gasteiger partial charge < -0.3 is 0 Å². The molecule has 0 saturated heterocycles. The Morgan fingerprint density at radius 2 is 1.76 bits per heavy atom. The molecule has 0 aliphatic rings. The van der Waals surface area contributed by atoms with Crippen LogP contribution in [0.25, 0.3) is 9.65 Å². The van der Waals surface area contributed by atoms with Crippen LogP contribution in [0.15, 0.2) is 59.4 Å². The third-order valence-electron chi connectivity index (χ3n) is 3.19. The summed E-state index contributed by atoms with van der Waals surface area (Å²) in [5.41, 5.74) is 0.707. The Bertz CT molecular complexity index is 821. The molecule has 106 valence electrons. The Balaban J connectivity index is 1.66. The van der Waals surface area contributed by atoms with Gasteiger partial charge in [0.1, 0.15) is 0 Å². The zero-order valence-electron chi connectivity index (χ0n) is 11.3. The van der Waals surface area contributed by atoms with E-state index in [0.29, 0.717) is 18.7 Å². The normalized spacial score (nSPS) is 10.7. The summed E-state index contributed by atoms with van der Waals surface area (Å²) >= 11 is 0.0190. The molecule has 21 heavy (non-hydrogen) atoms. The monoisotopic (exact) mass is 346 g/mol. The number of carbonyl (C=O) groups is 1. The molecule has 0 fully saturated rings. The second-order valence-electron chi connectivity index (χ2n) is 4.62. The SMILES string of the molecule is O=C(NCCn1[se]c2ccccc2c1=O)c1ccccc1. The van der Waals surface area contributed by atoms with Crippen molar-refractivity contribution in [3.63, 3.8) is 0 Å². The van der Waals surface area contributed by atoms with E-state index >= 15 is 0 Å². The predicted molar refractivity (Wildman–Crippen MR) is 83.9 cm³/mol. The zero-order chi connectivity index (χ0) is 14.7. The van der Waals surface area contributed by atoms with Crippen LogP contribution in [0.2, 0.25) is 0 Å². The molecule has 2 aromatic carbocycles. The van der Waals surface area contributed by atoms with Gasteiger partial charge in [0.2, 0.25) is 0 Å². The van der Waals surface area contributed by atoms with Gasteiger partial charge in [0, 0.05) is 0 Å². The molecule has 0 aliphatic heterocycles. The van der Waals surface area contributed by atoms with E-state index in [1.165, 1.54) is 0 Å². The number of nitrogens with zero attached hydrogens (tertiary/aromatic N) is 1. The molecule has 0 radical (unpaired) electrons. The van der Waals surface area contributed by atoms with Crippen LogP contribution >= 0.6 is 0 Å².